The van der Waals surface area contributed by atoms with Crippen LogP contribution >= 0.6 is 23.1 Å². The monoisotopic (exact) mass is 407 g/mol. The second-order valence-electron chi connectivity index (χ2n) is 5.78. The molecule has 0 saturated carbocycles. The standard InChI is InChI=1S/C18H18FN3O3S2/c1-11-9-12(19)3-4-13(11)20-15(23)10-27-18-21-14-5-8-26-16(14)17(24)22(18)6-7-25-2/h3-5,8-9H,6-7,10H2,1-2H3,(H,20,23). The molecule has 1 amide bonds. The van der Waals surface area contributed by atoms with Crippen LogP contribution in [0.1, 0.15) is 5.56 Å². The summed E-state index contributed by atoms with van der Waals surface area (Å²) in [5.41, 5.74) is 1.68. The van der Waals surface area contributed by atoms with Crippen LogP contribution < -0.4 is 10.9 Å². The van der Waals surface area contributed by atoms with Gasteiger partial charge < -0.3 is 10.1 Å². The quantitative estimate of drug-likeness (QED) is 0.481. The van der Waals surface area contributed by atoms with E-state index < -0.39 is 0 Å². The number of carbonyl (C=O) groups excluding carboxylic acids is 1. The van der Waals surface area contributed by atoms with Gasteiger partial charge >= 0.3 is 0 Å². The van der Waals surface area contributed by atoms with Crippen molar-refractivity contribution < 1.29 is 13.9 Å². The third-order valence-corrected chi connectivity index (χ3v) is 5.71. The van der Waals surface area contributed by atoms with Crippen molar-refractivity contribution in [1.82, 2.24) is 9.55 Å². The van der Waals surface area contributed by atoms with Crippen LogP contribution in [0.2, 0.25) is 0 Å². The molecule has 0 radical (unpaired) electrons. The SMILES string of the molecule is COCCn1c(SCC(=O)Nc2ccc(F)cc2C)nc2ccsc2c1=O. The molecular formula is C18H18FN3O3S2. The van der Waals surface area contributed by atoms with Crippen molar-refractivity contribution in [3.05, 3.63) is 51.4 Å². The van der Waals surface area contributed by atoms with Crippen molar-refractivity contribution in [2.45, 2.75) is 18.6 Å². The van der Waals surface area contributed by atoms with Crippen molar-refractivity contribution in [3.8, 4) is 0 Å². The first-order valence-corrected chi connectivity index (χ1v) is 10.0. The zero-order valence-electron chi connectivity index (χ0n) is 14.8. The summed E-state index contributed by atoms with van der Waals surface area (Å²) in [6, 6.07) is 5.97. The van der Waals surface area contributed by atoms with Crippen molar-refractivity contribution in [3.63, 3.8) is 0 Å². The van der Waals surface area contributed by atoms with E-state index in [1.165, 1.54) is 45.9 Å². The second-order valence-corrected chi connectivity index (χ2v) is 7.63. The number of thiophene rings is 1. The van der Waals surface area contributed by atoms with E-state index in [9.17, 15) is 14.0 Å². The summed E-state index contributed by atoms with van der Waals surface area (Å²) >= 11 is 2.52. The van der Waals surface area contributed by atoms with Gasteiger partial charge in [-0.1, -0.05) is 11.8 Å². The van der Waals surface area contributed by atoms with Crippen LogP contribution in [-0.4, -0.2) is 34.9 Å². The number of methoxy groups -OCH3 is 1. The number of nitrogens with zero attached hydrogens (tertiary/aromatic N) is 2. The molecule has 1 aromatic carbocycles. The van der Waals surface area contributed by atoms with E-state index in [1.807, 2.05) is 5.38 Å². The fourth-order valence-electron chi connectivity index (χ4n) is 2.50. The Morgan fingerprint density at radius 2 is 2.22 bits per heavy atom. The van der Waals surface area contributed by atoms with Crippen molar-refractivity contribution in [1.29, 1.82) is 0 Å². The van der Waals surface area contributed by atoms with Crippen LogP contribution in [0, 0.1) is 12.7 Å². The molecule has 0 aliphatic heterocycles. The van der Waals surface area contributed by atoms with Crippen LogP contribution in [0.3, 0.4) is 0 Å². The first-order valence-electron chi connectivity index (χ1n) is 8.15. The topological polar surface area (TPSA) is 73.2 Å². The molecule has 27 heavy (non-hydrogen) atoms. The zero-order chi connectivity index (χ0) is 19.4. The Morgan fingerprint density at radius 3 is 2.96 bits per heavy atom. The molecular weight excluding hydrogens is 389 g/mol. The molecule has 6 nitrogen and oxygen atoms in total. The van der Waals surface area contributed by atoms with E-state index in [-0.39, 0.29) is 23.0 Å². The summed E-state index contributed by atoms with van der Waals surface area (Å²) in [4.78, 5) is 29.4. The summed E-state index contributed by atoms with van der Waals surface area (Å²) in [6.45, 7) is 2.45. The number of aromatic nitrogens is 2. The number of hydrogen-bond acceptors (Lipinski definition) is 6. The number of ether oxygens (including phenoxy) is 1. The van der Waals surface area contributed by atoms with Crippen LogP contribution in [0.25, 0.3) is 10.2 Å². The lowest BCUT2D eigenvalue weighted by molar-refractivity contribution is -0.113. The van der Waals surface area contributed by atoms with Gasteiger partial charge in [0.2, 0.25) is 5.91 Å². The highest BCUT2D eigenvalue weighted by molar-refractivity contribution is 7.99. The van der Waals surface area contributed by atoms with E-state index in [1.54, 1.807) is 20.1 Å². The van der Waals surface area contributed by atoms with Gasteiger partial charge in [-0.05, 0) is 42.1 Å². The Balaban J connectivity index is 1.77. The highest BCUT2D eigenvalue weighted by Crippen LogP contribution is 2.22. The minimum atomic E-state index is -0.352. The van der Waals surface area contributed by atoms with Crippen LogP contribution in [-0.2, 0) is 16.1 Å². The van der Waals surface area contributed by atoms with Gasteiger partial charge in [-0.25, -0.2) is 9.37 Å². The summed E-state index contributed by atoms with van der Waals surface area (Å²) in [5, 5.41) is 5.04. The van der Waals surface area contributed by atoms with E-state index >= 15 is 0 Å². The van der Waals surface area contributed by atoms with Gasteiger partial charge in [-0.3, -0.25) is 14.2 Å². The lowest BCUT2D eigenvalue weighted by Gasteiger charge is -2.12. The lowest BCUT2D eigenvalue weighted by Crippen LogP contribution is -2.25. The number of anilines is 1. The molecule has 3 rings (SSSR count). The molecule has 142 valence electrons. The van der Waals surface area contributed by atoms with Crippen LogP contribution in [0.4, 0.5) is 10.1 Å². The predicted molar refractivity (Wildman–Crippen MR) is 106 cm³/mol. The maximum atomic E-state index is 13.2. The Labute approximate surface area is 163 Å². The second kappa shape index (κ2) is 8.64. The maximum Gasteiger partial charge on any atom is 0.272 e. The van der Waals surface area contributed by atoms with Gasteiger partial charge in [0.25, 0.3) is 5.56 Å². The van der Waals surface area contributed by atoms with Crippen molar-refractivity contribution in [2.75, 3.05) is 24.8 Å². The molecule has 1 N–H and O–H groups in total. The molecule has 0 bridgehead atoms. The summed E-state index contributed by atoms with van der Waals surface area (Å²) in [6.07, 6.45) is 0. The van der Waals surface area contributed by atoms with E-state index in [2.05, 4.69) is 10.3 Å². The molecule has 2 heterocycles. The number of halogens is 1. The Kier molecular flexibility index (Phi) is 6.25. The molecule has 0 unspecified atom stereocenters. The number of benzene rings is 1. The summed E-state index contributed by atoms with van der Waals surface area (Å²) in [5.74, 6) is -0.533. The number of aryl methyl sites for hydroxylation is 1. The smallest absolute Gasteiger partial charge is 0.272 e. The molecule has 0 atom stereocenters. The number of carbonyl (C=O) groups is 1. The van der Waals surface area contributed by atoms with Crippen LogP contribution in [0.5, 0.6) is 0 Å². The minimum absolute atomic E-state index is 0.0753. The van der Waals surface area contributed by atoms with E-state index in [0.29, 0.717) is 39.8 Å². The first-order chi connectivity index (χ1) is 13.0. The summed E-state index contributed by atoms with van der Waals surface area (Å²) in [7, 11) is 1.56. The number of fused-ring (bicyclic) bond motifs is 1. The van der Waals surface area contributed by atoms with Gasteiger partial charge in [0.15, 0.2) is 5.16 Å². The Hall–Kier alpha value is -2.23. The molecule has 0 fully saturated rings. The first kappa shape index (κ1) is 19.5. The van der Waals surface area contributed by atoms with Gasteiger partial charge in [-0.2, -0.15) is 0 Å². The van der Waals surface area contributed by atoms with E-state index in [4.69, 9.17) is 4.74 Å². The summed E-state index contributed by atoms with van der Waals surface area (Å²) < 4.78 is 20.4. The number of amides is 1. The molecule has 3 aromatic rings. The number of rotatable bonds is 7. The van der Waals surface area contributed by atoms with Crippen molar-refractivity contribution in [2.24, 2.45) is 0 Å². The number of nitrogens with one attached hydrogen (secondary N) is 1. The zero-order valence-corrected chi connectivity index (χ0v) is 16.5. The number of thioether (sulfide) groups is 1. The largest absolute Gasteiger partial charge is 0.383 e. The highest BCUT2D eigenvalue weighted by atomic mass is 32.2. The van der Waals surface area contributed by atoms with Gasteiger partial charge in [0.05, 0.1) is 24.4 Å². The van der Waals surface area contributed by atoms with Gasteiger partial charge in [0, 0.05) is 12.8 Å². The van der Waals surface area contributed by atoms with Crippen LogP contribution in [0.15, 0.2) is 39.6 Å². The third kappa shape index (κ3) is 4.55. The van der Waals surface area contributed by atoms with Gasteiger partial charge in [0.1, 0.15) is 10.5 Å². The van der Waals surface area contributed by atoms with E-state index in [0.717, 1.165) is 0 Å². The molecule has 0 saturated heterocycles. The normalized spacial score (nSPS) is 11.1. The molecule has 0 spiro atoms. The van der Waals surface area contributed by atoms with Crippen molar-refractivity contribution >= 4 is 44.9 Å². The Morgan fingerprint density at radius 1 is 1.41 bits per heavy atom. The minimum Gasteiger partial charge on any atom is -0.383 e. The van der Waals surface area contributed by atoms with Gasteiger partial charge in [-0.15, -0.1) is 11.3 Å². The third-order valence-electron chi connectivity index (χ3n) is 3.84. The average Bonchev–Trinajstić information content (AvgIpc) is 3.10. The fourth-order valence-corrected chi connectivity index (χ4v) is 4.10. The fraction of sp³-hybridized carbons (Fsp3) is 0.278. The molecule has 0 aliphatic carbocycles. The number of hydrogen-bond donors (Lipinski definition) is 1. The highest BCUT2D eigenvalue weighted by Gasteiger charge is 2.14. The lowest BCUT2D eigenvalue weighted by atomic mass is 10.2. The maximum absolute atomic E-state index is 13.2. The molecule has 9 heteroatoms. The predicted octanol–water partition coefficient (Wildman–Crippen LogP) is 3.28. The Bertz CT molecular complexity index is 1030. The average molecular weight is 407 g/mol. The molecule has 0 aliphatic rings. The molecule has 2 aromatic heterocycles.